The van der Waals surface area contributed by atoms with Gasteiger partial charge in [-0.1, -0.05) is 32.0 Å². The van der Waals surface area contributed by atoms with Crippen LogP contribution < -0.4 is 15.5 Å². The maximum Gasteiger partial charge on any atom is 0.224 e. The van der Waals surface area contributed by atoms with Gasteiger partial charge in [0.2, 0.25) is 11.8 Å². The van der Waals surface area contributed by atoms with Gasteiger partial charge in [0.05, 0.1) is 0 Å². The van der Waals surface area contributed by atoms with Crippen molar-refractivity contribution in [3.63, 3.8) is 0 Å². The molecule has 2 amide bonds. The van der Waals surface area contributed by atoms with E-state index in [9.17, 15) is 9.59 Å². The van der Waals surface area contributed by atoms with E-state index >= 15 is 0 Å². The number of carbonyl (C=O) groups excluding carboxylic acids is 2. The number of amides is 2. The Kier molecular flexibility index (Phi) is 6.38. The molecular formula is C24H31N3O2. The lowest BCUT2D eigenvalue weighted by molar-refractivity contribution is -0.117. The second kappa shape index (κ2) is 8.78. The Morgan fingerprint density at radius 2 is 1.83 bits per heavy atom. The van der Waals surface area contributed by atoms with Crippen LogP contribution in [-0.2, 0) is 9.59 Å². The molecule has 2 aromatic carbocycles. The fraction of sp³-hybridized carbons (Fsp3) is 0.417. The number of hydrogen-bond acceptors (Lipinski definition) is 3. The zero-order valence-corrected chi connectivity index (χ0v) is 18.0. The molecule has 5 heteroatoms. The van der Waals surface area contributed by atoms with Crippen molar-refractivity contribution in [2.24, 2.45) is 5.92 Å². The molecule has 5 nitrogen and oxygen atoms in total. The molecule has 3 rings (SSSR count). The Balaban J connectivity index is 2.02. The number of hydrogen-bond donors (Lipinski definition) is 2. The first-order valence-electron chi connectivity index (χ1n) is 10.3. The topological polar surface area (TPSA) is 61.4 Å². The van der Waals surface area contributed by atoms with Crippen LogP contribution in [0.2, 0.25) is 0 Å². The lowest BCUT2D eigenvalue weighted by Crippen LogP contribution is -2.45. The van der Waals surface area contributed by atoms with Crippen LogP contribution in [0, 0.1) is 5.92 Å². The van der Waals surface area contributed by atoms with E-state index in [0.717, 1.165) is 41.0 Å². The Morgan fingerprint density at radius 1 is 1.10 bits per heavy atom. The summed E-state index contributed by atoms with van der Waals surface area (Å²) in [5.41, 5.74) is 5.03. The largest absolute Gasteiger partial charge is 0.326 e. The third kappa shape index (κ3) is 4.85. The van der Waals surface area contributed by atoms with E-state index in [1.54, 1.807) is 6.92 Å². The fourth-order valence-corrected chi connectivity index (χ4v) is 4.07. The van der Waals surface area contributed by atoms with Gasteiger partial charge in [-0.15, -0.1) is 0 Å². The minimum absolute atomic E-state index is 0.0708. The number of carbonyl (C=O) groups is 2. The second-order valence-electron chi connectivity index (χ2n) is 8.36. The number of rotatable bonds is 5. The zero-order chi connectivity index (χ0) is 21.1. The molecule has 1 aliphatic heterocycles. The van der Waals surface area contributed by atoms with Gasteiger partial charge in [0.25, 0.3) is 0 Å². The molecular weight excluding hydrogens is 362 g/mol. The molecule has 0 radical (unpaired) electrons. The van der Waals surface area contributed by atoms with E-state index in [-0.39, 0.29) is 23.9 Å². The van der Waals surface area contributed by atoms with Crippen molar-refractivity contribution in [3.05, 3.63) is 48.0 Å². The highest BCUT2D eigenvalue weighted by molar-refractivity contribution is 5.94. The molecule has 29 heavy (non-hydrogen) atoms. The van der Waals surface area contributed by atoms with Gasteiger partial charge in [0.1, 0.15) is 0 Å². The normalized spacial score (nSPS) is 18.5. The lowest BCUT2D eigenvalue weighted by atomic mass is 9.88. The maximum absolute atomic E-state index is 12.3. The maximum atomic E-state index is 12.3. The number of benzene rings is 2. The Labute approximate surface area is 173 Å². The van der Waals surface area contributed by atoms with Crippen LogP contribution in [0.5, 0.6) is 0 Å². The standard InChI is InChI=1S/C24H31N3O2/c1-15(2)14-25-23-11-16(3)27(18(5)29)24-10-9-20(13-22(23)24)19-7-6-8-21(12-19)26-17(4)28/h6-10,12-13,15-16,23,25H,11,14H2,1-5H3,(H,26,28)/t16-,23+/m0/s1. The molecule has 0 aromatic heterocycles. The van der Waals surface area contributed by atoms with Crippen molar-refractivity contribution >= 4 is 23.2 Å². The van der Waals surface area contributed by atoms with Crippen LogP contribution in [0.4, 0.5) is 11.4 Å². The molecule has 1 heterocycles. The van der Waals surface area contributed by atoms with Gasteiger partial charge in [0.15, 0.2) is 0 Å². The predicted octanol–water partition coefficient (Wildman–Crippen LogP) is 4.74. The lowest BCUT2D eigenvalue weighted by Gasteiger charge is -2.39. The van der Waals surface area contributed by atoms with Crippen LogP contribution in [0.25, 0.3) is 11.1 Å². The van der Waals surface area contributed by atoms with E-state index in [2.05, 4.69) is 49.6 Å². The van der Waals surface area contributed by atoms with Gasteiger partial charge < -0.3 is 15.5 Å². The third-order valence-electron chi connectivity index (χ3n) is 5.31. The fourth-order valence-electron chi connectivity index (χ4n) is 4.07. The minimum atomic E-state index is -0.0865. The highest BCUT2D eigenvalue weighted by Crippen LogP contribution is 2.40. The first-order chi connectivity index (χ1) is 13.8. The molecule has 0 bridgehead atoms. The summed E-state index contributed by atoms with van der Waals surface area (Å²) in [5.74, 6) is 0.537. The molecule has 1 aliphatic rings. The van der Waals surface area contributed by atoms with Gasteiger partial charge in [-0.05, 0) is 66.8 Å². The number of nitrogens with one attached hydrogen (secondary N) is 2. The summed E-state index contributed by atoms with van der Waals surface area (Å²) in [4.78, 5) is 25.6. The monoisotopic (exact) mass is 393 g/mol. The number of fused-ring (bicyclic) bond motifs is 1. The van der Waals surface area contributed by atoms with Crippen LogP contribution in [0.15, 0.2) is 42.5 Å². The first-order valence-corrected chi connectivity index (χ1v) is 10.3. The van der Waals surface area contributed by atoms with Gasteiger partial charge in [-0.25, -0.2) is 0 Å². The molecule has 0 fully saturated rings. The predicted molar refractivity (Wildman–Crippen MR) is 119 cm³/mol. The van der Waals surface area contributed by atoms with Crippen molar-refractivity contribution in [2.45, 2.75) is 53.1 Å². The summed E-state index contributed by atoms with van der Waals surface area (Å²) < 4.78 is 0. The first kappa shape index (κ1) is 21.1. The SMILES string of the molecule is CC(=O)Nc1cccc(-c2ccc3c(c2)[C@H](NCC(C)C)C[C@H](C)N3C(C)=O)c1. The summed E-state index contributed by atoms with van der Waals surface area (Å²) in [5, 5.41) is 6.53. The summed E-state index contributed by atoms with van der Waals surface area (Å²) in [6.07, 6.45) is 0.884. The molecule has 2 aromatic rings. The number of nitrogens with zero attached hydrogens (tertiary/aromatic N) is 1. The third-order valence-corrected chi connectivity index (χ3v) is 5.31. The van der Waals surface area contributed by atoms with E-state index in [1.807, 2.05) is 29.2 Å². The van der Waals surface area contributed by atoms with E-state index in [4.69, 9.17) is 0 Å². The second-order valence-corrected chi connectivity index (χ2v) is 8.36. The van der Waals surface area contributed by atoms with Crippen molar-refractivity contribution in [3.8, 4) is 11.1 Å². The minimum Gasteiger partial charge on any atom is -0.326 e. The molecule has 0 saturated carbocycles. The summed E-state index contributed by atoms with van der Waals surface area (Å²) >= 11 is 0. The highest BCUT2D eigenvalue weighted by atomic mass is 16.2. The Morgan fingerprint density at radius 3 is 2.48 bits per heavy atom. The molecule has 0 saturated heterocycles. The Hall–Kier alpha value is -2.66. The molecule has 2 N–H and O–H groups in total. The van der Waals surface area contributed by atoms with Crippen molar-refractivity contribution in [2.75, 3.05) is 16.8 Å². The molecule has 0 spiro atoms. The zero-order valence-electron chi connectivity index (χ0n) is 18.0. The van der Waals surface area contributed by atoms with Crippen LogP contribution >= 0.6 is 0 Å². The molecule has 0 unspecified atom stereocenters. The smallest absolute Gasteiger partial charge is 0.224 e. The van der Waals surface area contributed by atoms with Crippen LogP contribution in [0.3, 0.4) is 0 Å². The molecule has 2 atom stereocenters. The molecule has 154 valence electrons. The van der Waals surface area contributed by atoms with E-state index in [0.29, 0.717) is 5.92 Å². The summed E-state index contributed by atoms with van der Waals surface area (Å²) in [7, 11) is 0. The van der Waals surface area contributed by atoms with Gasteiger partial charge in [0, 0.05) is 37.3 Å². The van der Waals surface area contributed by atoms with Gasteiger partial charge >= 0.3 is 0 Å². The van der Waals surface area contributed by atoms with Crippen LogP contribution in [-0.4, -0.2) is 24.4 Å². The quantitative estimate of drug-likeness (QED) is 0.771. The summed E-state index contributed by atoms with van der Waals surface area (Å²) in [6, 6.07) is 14.5. The van der Waals surface area contributed by atoms with Crippen molar-refractivity contribution in [1.82, 2.24) is 5.32 Å². The van der Waals surface area contributed by atoms with Gasteiger partial charge in [-0.3, -0.25) is 9.59 Å². The van der Waals surface area contributed by atoms with E-state index in [1.165, 1.54) is 6.92 Å². The number of anilines is 2. The van der Waals surface area contributed by atoms with Crippen molar-refractivity contribution in [1.29, 1.82) is 0 Å². The van der Waals surface area contributed by atoms with E-state index < -0.39 is 0 Å². The average molecular weight is 394 g/mol. The average Bonchev–Trinajstić information content (AvgIpc) is 2.65. The Bertz CT molecular complexity index is 907. The van der Waals surface area contributed by atoms with Crippen molar-refractivity contribution < 1.29 is 9.59 Å². The molecule has 0 aliphatic carbocycles. The van der Waals surface area contributed by atoms with Gasteiger partial charge in [-0.2, -0.15) is 0 Å². The van der Waals surface area contributed by atoms with Crippen LogP contribution in [0.1, 0.15) is 52.6 Å². The highest BCUT2D eigenvalue weighted by Gasteiger charge is 2.32. The summed E-state index contributed by atoms with van der Waals surface area (Å²) in [6.45, 7) is 10.6.